The Bertz CT molecular complexity index is 1780. The van der Waals surface area contributed by atoms with Crippen molar-refractivity contribution in [3.05, 3.63) is 84.1 Å². The van der Waals surface area contributed by atoms with E-state index >= 15 is 0 Å². The topological polar surface area (TPSA) is 85.6 Å². The second-order valence-corrected chi connectivity index (χ2v) is 10.6. The lowest BCUT2D eigenvalue weighted by atomic mass is 9.74. The maximum Gasteiger partial charge on any atom is 0.147 e. The van der Waals surface area contributed by atoms with E-state index in [0.29, 0.717) is 60.9 Å². The molecule has 0 spiro atoms. The smallest absolute Gasteiger partial charge is 0.147 e. The number of imidazole rings is 1. The Kier molecular flexibility index (Phi) is 5.51. The van der Waals surface area contributed by atoms with Crippen LogP contribution in [0.25, 0.3) is 38.6 Å². The molecule has 0 radical (unpaired) electrons. The Morgan fingerprint density at radius 1 is 0.590 bits per heavy atom. The van der Waals surface area contributed by atoms with Crippen molar-refractivity contribution < 1.29 is 19.2 Å². The summed E-state index contributed by atoms with van der Waals surface area (Å²) in [6.45, 7) is 0. The summed E-state index contributed by atoms with van der Waals surface area (Å²) in [6.07, 6.45) is 4.20. The van der Waals surface area contributed by atoms with Crippen LogP contribution in [0.2, 0.25) is 0 Å². The van der Waals surface area contributed by atoms with E-state index in [9.17, 15) is 19.2 Å². The Labute approximate surface area is 224 Å². The summed E-state index contributed by atoms with van der Waals surface area (Å²) in [5.74, 6) is -2.30. The number of ketones is 4. The van der Waals surface area contributed by atoms with Crippen LogP contribution < -0.4 is 0 Å². The first kappa shape index (κ1) is 23.7. The SMILES string of the molecule is O=C1CCCC(=O)C1c1cccc(C2C(=O)CCCC2=O)c1-c1cnc2c3ccccc3c3ccccc3n12. The summed E-state index contributed by atoms with van der Waals surface area (Å²) < 4.78 is 2.05. The van der Waals surface area contributed by atoms with Gasteiger partial charge in [0.2, 0.25) is 0 Å². The van der Waals surface area contributed by atoms with Crippen molar-refractivity contribution >= 4 is 50.5 Å². The maximum atomic E-state index is 13.2. The quantitative estimate of drug-likeness (QED) is 0.214. The van der Waals surface area contributed by atoms with Crippen LogP contribution in [0.3, 0.4) is 0 Å². The fourth-order valence-corrected chi connectivity index (χ4v) is 6.64. The van der Waals surface area contributed by atoms with Crippen LogP contribution in [0.1, 0.15) is 61.5 Å². The largest absolute Gasteiger partial charge is 0.299 e. The zero-order chi connectivity index (χ0) is 26.7. The number of nitrogens with zero attached hydrogens (tertiary/aromatic N) is 2. The van der Waals surface area contributed by atoms with Gasteiger partial charge in [-0.3, -0.25) is 23.6 Å². The van der Waals surface area contributed by atoms with Crippen LogP contribution in [0.4, 0.5) is 0 Å². The van der Waals surface area contributed by atoms with Gasteiger partial charge < -0.3 is 0 Å². The van der Waals surface area contributed by atoms with Crippen LogP contribution in [-0.4, -0.2) is 32.5 Å². The van der Waals surface area contributed by atoms with E-state index in [0.717, 1.165) is 27.3 Å². The third-order valence-corrected chi connectivity index (χ3v) is 8.35. The molecule has 2 saturated carbocycles. The van der Waals surface area contributed by atoms with E-state index < -0.39 is 11.8 Å². The second kappa shape index (κ2) is 9.09. The number of pyridine rings is 1. The third-order valence-electron chi connectivity index (χ3n) is 8.35. The Balaban J connectivity index is 1.61. The average Bonchev–Trinajstić information content (AvgIpc) is 3.39. The van der Waals surface area contributed by atoms with Gasteiger partial charge in [-0.15, -0.1) is 0 Å². The number of fused-ring (bicyclic) bond motifs is 6. The van der Waals surface area contributed by atoms with Crippen molar-refractivity contribution in [2.75, 3.05) is 0 Å². The number of aromatic nitrogens is 2. The van der Waals surface area contributed by atoms with Crippen LogP contribution >= 0.6 is 0 Å². The Hall–Kier alpha value is -4.45. The molecule has 3 aromatic carbocycles. The molecule has 192 valence electrons. The minimum atomic E-state index is -0.917. The van der Waals surface area contributed by atoms with Crippen LogP contribution in [0.5, 0.6) is 0 Å². The molecule has 0 atom stereocenters. The van der Waals surface area contributed by atoms with Crippen molar-refractivity contribution in [3.8, 4) is 11.3 Å². The minimum Gasteiger partial charge on any atom is -0.299 e. The molecule has 0 unspecified atom stereocenters. The summed E-state index contributed by atoms with van der Waals surface area (Å²) in [5.41, 5.74) is 4.06. The lowest BCUT2D eigenvalue weighted by molar-refractivity contribution is -0.133. The van der Waals surface area contributed by atoms with Gasteiger partial charge in [0, 0.05) is 42.0 Å². The van der Waals surface area contributed by atoms with Gasteiger partial charge in [0.15, 0.2) is 0 Å². The van der Waals surface area contributed by atoms with E-state index in [1.54, 1.807) is 12.3 Å². The first-order valence-corrected chi connectivity index (χ1v) is 13.6. The molecule has 5 aromatic rings. The van der Waals surface area contributed by atoms with Gasteiger partial charge in [0.25, 0.3) is 0 Å². The van der Waals surface area contributed by atoms with Gasteiger partial charge in [-0.1, -0.05) is 60.7 Å². The molecule has 0 amide bonds. The number of rotatable bonds is 3. The predicted molar refractivity (Wildman–Crippen MR) is 149 cm³/mol. The number of benzene rings is 3. The molecule has 2 aliphatic rings. The normalized spacial score (nSPS) is 17.6. The zero-order valence-electron chi connectivity index (χ0n) is 21.4. The van der Waals surface area contributed by atoms with Crippen LogP contribution in [0.15, 0.2) is 72.9 Å². The molecular weight excluding hydrogens is 488 g/mol. The molecule has 0 N–H and O–H groups in total. The van der Waals surface area contributed by atoms with Crippen molar-refractivity contribution in [1.82, 2.24) is 9.38 Å². The molecule has 6 heteroatoms. The van der Waals surface area contributed by atoms with Gasteiger partial charge >= 0.3 is 0 Å². The molecule has 6 nitrogen and oxygen atoms in total. The van der Waals surface area contributed by atoms with E-state index in [1.165, 1.54) is 0 Å². The third kappa shape index (κ3) is 3.58. The van der Waals surface area contributed by atoms with E-state index in [-0.39, 0.29) is 23.1 Å². The van der Waals surface area contributed by atoms with E-state index in [4.69, 9.17) is 4.98 Å². The average molecular weight is 515 g/mol. The highest BCUT2D eigenvalue weighted by atomic mass is 16.2. The standard InChI is InChI=1S/C33H26N2O4/c36-26-14-6-15-27(37)31(26)22-11-5-12-23(32-28(38)16-7-17-29(32)39)30(22)25-18-34-33-21-10-2-1-8-19(21)20-9-3-4-13-24(20)35(25)33/h1-5,8-13,18,31-32H,6-7,14-17H2. The lowest BCUT2D eigenvalue weighted by Gasteiger charge is -2.27. The fraction of sp³-hybridized carbons (Fsp3) is 0.242. The van der Waals surface area contributed by atoms with Crippen molar-refractivity contribution in [2.24, 2.45) is 0 Å². The molecular formula is C33H26N2O4. The second-order valence-electron chi connectivity index (χ2n) is 10.6. The first-order chi connectivity index (χ1) is 19.0. The highest BCUT2D eigenvalue weighted by Gasteiger charge is 2.38. The zero-order valence-corrected chi connectivity index (χ0v) is 21.4. The molecule has 2 aromatic heterocycles. The fourth-order valence-electron chi connectivity index (χ4n) is 6.64. The number of carbonyl (C=O) groups excluding carboxylic acids is 4. The molecule has 0 aliphatic heterocycles. The highest BCUT2D eigenvalue weighted by Crippen LogP contribution is 2.43. The van der Waals surface area contributed by atoms with Gasteiger partial charge in [-0.2, -0.15) is 0 Å². The molecule has 2 heterocycles. The van der Waals surface area contributed by atoms with Crippen LogP contribution in [-0.2, 0) is 19.2 Å². The Morgan fingerprint density at radius 2 is 1.10 bits per heavy atom. The van der Waals surface area contributed by atoms with E-state index in [2.05, 4.69) is 16.5 Å². The summed E-state index contributed by atoms with van der Waals surface area (Å²) >= 11 is 0. The molecule has 0 bridgehead atoms. The first-order valence-electron chi connectivity index (χ1n) is 13.6. The molecule has 7 rings (SSSR count). The van der Waals surface area contributed by atoms with Gasteiger partial charge in [-0.05, 0) is 35.4 Å². The molecule has 2 fully saturated rings. The van der Waals surface area contributed by atoms with Gasteiger partial charge in [0.1, 0.15) is 40.6 Å². The molecule has 39 heavy (non-hydrogen) atoms. The number of Topliss-reactive ketones (excluding diaryl/α,β-unsaturated/α-hetero) is 4. The summed E-state index contributed by atoms with van der Waals surface area (Å²) in [5, 5.41) is 3.08. The monoisotopic (exact) mass is 514 g/mol. The number of para-hydroxylation sites is 1. The van der Waals surface area contributed by atoms with Crippen molar-refractivity contribution in [3.63, 3.8) is 0 Å². The van der Waals surface area contributed by atoms with E-state index in [1.807, 2.05) is 48.5 Å². The Morgan fingerprint density at radius 3 is 1.69 bits per heavy atom. The molecule has 2 aliphatic carbocycles. The number of hydrogen-bond donors (Lipinski definition) is 0. The highest BCUT2D eigenvalue weighted by molar-refractivity contribution is 6.15. The van der Waals surface area contributed by atoms with Gasteiger partial charge in [0.05, 0.1) is 17.4 Å². The predicted octanol–water partition coefficient (Wildman–Crippen LogP) is 6.12. The minimum absolute atomic E-state index is 0.116. The molecule has 0 saturated heterocycles. The van der Waals surface area contributed by atoms with Gasteiger partial charge in [-0.25, -0.2) is 4.98 Å². The summed E-state index contributed by atoms with van der Waals surface area (Å²) in [4.78, 5) is 57.7. The summed E-state index contributed by atoms with van der Waals surface area (Å²) in [7, 11) is 0. The summed E-state index contributed by atoms with van der Waals surface area (Å²) in [6, 6.07) is 21.5. The van der Waals surface area contributed by atoms with Crippen LogP contribution in [0, 0.1) is 0 Å². The lowest BCUT2D eigenvalue weighted by Crippen LogP contribution is -2.30. The number of hydrogen-bond acceptors (Lipinski definition) is 5. The van der Waals surface area contributed by atoms with Crippen molar-refractivity contribution in [1.29, 1.82) is 0 Å². The maximum absolute atomic E-state index is 13.2. The van der Waals surface area contributed by atoms with Crippen molar-refractivity contribution in [2.45, 2.75) is 50.4 Å². The number of carbonyl (C=O) groups is 4.